The molecule has 14 heavy (non-hydrogen) atoms. The van der Waals surface area contributed by atoms with Gasteiger partial charge in [0.1, 0.15) is 0 Å². The average molecular weight is 308 g/mol. The lowest BCUT2D eigenvalue weighted by atomic mass is 10.2. The molecule has 72 valence electrons. The molecule has 0 atom stereocenters. The molecule has 2 aromatic rings. The minimum Gasteiger partial charge on any atom is -0.412 e. The van der Waals surface area contributed by atoms with E-state index in [0.29, 0.717) is 0 Å². The van der Waals surface area contributed by atoms with Gasteiger partial charge >= 0.3 is 0 Å². The molecule has 6 heteroatoms. The van der Waals surface area contributed by atoms with Gasteiger partial charge in [-0.3, -0.25) is 0 Å². The third-order valence-corrected chi connectivity index (χ3v) is 2.02. The smallest absolute Gasteiger partial charge is 0.278 e. The summed E-state index contributed by atoms with van der Waals surface area (Å²) in [5.41, 5.74) is -0.0274. The Balaban J connectivity index is 2.57. The fourth-order valence-corrected chi connectivity index (χ4v) is 1.30. The topological polar surface area (TPSA) is 38.9 Å². The molecule has 2 rings (SSSR count). The van der Waals surface area contributed by atoms with Crippen LogP contribution < -0.4 is 0 Å². The molecular formula is C8H3F2IN2O. The van der Waals surface area contributed by atoms with E-state index in [1.54, 1.807) is 22.6 Å². The summed E-state index contributed by atoms with van der Waals surface area (Å²) in [5, 5.41) is 7.10. The van der Waals surface area contributed by atoms with E-state index in [1.807, 2.05) is 0 Å². The van der Waals surface area contributed by atoms with Gasteiger partial charge in [0.25, 0.3) is 9.79 Å². The van der Waals surface area contributed by atoms with Gasteiger partial charge in [0, 0.05) is 22.6 Å². The summed E-state index contributed by atoms with van der Waals surface area (Å²) < 4.78 is 31.2. The Morgan fingerprint density at radius 2 is 2.00 bits per heavy atom. The van der Waals surface area contributed by atoms with E-state index in [9.17, 15) is 8.78 Å². The second-order valence-electron chi connectivity index (χ2n) is 2.46. The fourth-order valence-electron chi connectivity index (χ4n) is 0.983. The summed E-state index contributed by atoms with van der Waals surface area (Å²) in [6.07, 6.45) is 0. The van der Waals surface area contributed by atoms with Crippen LogP contribution in [0.3, 0.4) is 0 Å². The van der Waals surface area contributed by atoms with Crippen LogP contribution >= 0.6 is 22.6 Å². The predicted molar refractivity (Wildman–Crippen MR) is 52.4 cm³/mol. The van der Waals surface area contributed by atoms with Gasteiger partial charge < -0.3 is 4.42 Å². The molecule has 0 saturated heterocycles. The highest BCUT2D eigenvalue weighted by Crippen LogP contribution is 2.23. The van der Waals surface area contributed by atoms with Crippen LogP contribution in [0.5, 0.6) is 0 Å². The zero-order valence-electron chi connectivity index (χ0n) is 6.67. The first kappa shape index (κ1) is 9.50. The minimum atomic E-state index is -0.979. The molecule has 0 bridgehead atoms. The van der Waals surface area contributed by atoms with Gasteiger partial charge in [0.15, 0.2) is 11.6 Å². The van der Waals surface area contributed by atoms with Gasteiger partial charge in [-0.15, -0.1) is 10.2 Å². The summed E-state index contributed by atoms with van der Waals surface area (Å²) in [4.78, 5) is 0. The first-order valence-electron chi connectivity index (χ1n) is 3.62. The lowest BCUT2D eigenvalue weighted by Crippen LogP contribution is -1.88. The van der Waals surface area contributed by atoms with Crippen LogP contribution in [-0.4, -0.2) is 10.2 Å². The number of halogens is 3. The van der Waals surface area contributed by atoms with Crippen LogP contribution in [-0.2, 0) is 0 Å². The first-order chi connectivity index (χ1) is 6.68. The van der Waals surface area contributed by atoms with Crippen molar-refractivity contribution in [3.8, 4) is 11.5 Å². The number of hydrogen-bond donors (Lipinski definition) is 0. The van der Waals surface area contributed by atoms with Crippen LogP contribution in [0.25, 0.3) is 11.5 Å². The molecule has 0 aliphatic carbocycles. The van der Waals surface area contributed by atoms with E-state index in [-0.39, 0.29) is 15.4 Å². The Morgan fingerprint density at radius 1 is 1.21 bits per heavy atom. The maximum absolute atomic E-state index is 13.2. The van der Waals surface area contributed by atoms with Crippen molar-refractivity contribution in [2.45, 2.75) is 0 Å². The molecular weight excluding hydrogens is 305 g/mol. The standard InChI is InChI=1S/C8H3F2IN2O/c9-5-3-1-2-4(6(5)10)7-12-13-8(11)14-7/h1-3H. The van der Waals surface area contributed by atoms with Crippen molar-refractivity contribution in [3.63, 3.8) is 0 Å². The van der Waals surface area contributed by atoms with Crippen LogP contribution in [0.4, 0.5) is 8.78 Å². The third-order valence-electron chi connectivity index (χ3n) is 1.58. The zero-order chi connectivity index (χ0) is 10.1. The molecule has 0 N–H and O–H groups in total. The molecule has 0 unspecified atom stereocenters. The lowest BCUT2D eigenvalue weighted by Gasteiger charge is -1.97. The van der Waals surface area contributed by atoms with Crippen molar-refractivity contribution < 1.29 is 13.2 Å². The van der Waals surface area contributed by atoms with Crippen LogP contribution in [0.1, 0.15) is 0 Å². The van der Waals surface area contributed by atoms with Crippen LogP contribution in [0.2, 0.25) is 0 Å². The highest BCUT2D eigenvalue weighted by atomic mass is 127. The molecule has 1 heterocycles. The summed E-state index contributed by atoms with van der Waals surface area (Å²) in [6.45, 7) is 0. The van der Waals surface area contributed by atoms with Crippen LogP contribution in [0.15, 0.2) is 22.6 Å². The van der Waals surface area contributed by atoms with Crippen molar-refractivity contribution >= 4 is 22.6 Å². The predicted octanol–water partition coefficient (Wildman–Crippen LogP) is 2.62. The Kier molecular flexibility index (Phi) is 2.44. The molecule has 0 amide bonds. The van der Waals surface area contributed by atoms with Crippen molar-refractivity contribution in [2.75, 3.05) is 0 Å². The number of hydrogen-bond acceptors (Lipinski definition) is 3. The van der Waals surface area contributed by atoms with Crippen molar-refractivity contribution in [1.82, 2.24) is 10.2 Å². The highest BCUT2D eigenvalue weighted by Gasteiger charge is 2.14. The van der Waals surface area contributed by atoms with Crippen molar-refractivity contribution in [3.05, 3.63) is 33.7 Å². The van der Waals surface area contributed by atoms with E-state index in [1.165, 1.54) is 12.1 Å². The van der Waals surface area contributed by atoms with Gasteiger partial charge in [-0.05, 0) is 12.1 Å². The molecule has 0 saturated carbocycles. The number of benzene rings is 1. The Labute approximate surface area is 91.3 Å². The highest BCUT2D eigenvalue weighted by molar-refractivity contribution is 14.1. The lowest BCUT2D eigenvalue weighted by molar-refractivity contribution is 0.497. The normalized spacial score (nSPS) is 10.5. The summed E-state index contributed by atoms with van der Waals surface area (Å²) in [6, 6.07) is 3.78. The van der Waals surface area contributed by atoms with E-state index in [2.05, 4.69) is 10.2 Å². The van der Waals surface area contributed by atoms with Gasteiger partial charge in [-0.25, -0.2) is 8.78 Å². The molecule has 3 nitrogen and oxygen atoms in total. The van der Waals surface area contributed by atoms with Gasteiger partial charge in [0.05, 0.1) is 5.56 Å². The Hall–Kier alpha value is -1.05. The third kappa shape index (κ3) is 1.61. The second-order valence-corrected chi connectivity index (χ2v) is 3.38. The van der Waals surface area contributed by atoms with E-state index < -0.39 is 11.6 Å². The van der Waals surface area contributed by atoms with E-state index in [4.69, 9.17) is 4.42 Å². The molecule has 0 spiro atoms. The second kappa shape index (κ2) is 3.60. The molecule has 1 aromatic heterocycles. The summed E-state index contributed by atoms with van der Waals surface area (Å²) in [7, 11) is 0. The van der Waals surface area contributed by atoms with Gasteiger partial charge in [-0.2, -0.15) is 0 Å². The van der Waals surface area contributed by atoms with Crippen molar-refractivity contribution in [1.29, 1.82) is 0 Å². The van der Waals surface area contributed by atoms with Gasteiger partial charge in [-0.1, -0.05) is 6.07 Å². The van der Waals surface area contributed by atoms with Crippen LogP contribution in [0, 0.1) is 15.5 Å². The maximum atomic E-state index is 13.2. The molecule has 0 aliphatic rings. The average Bonchev–Trinajstić information content (AvgIpc) is 2.57. The zero-order valence-corrected chi connectivity index (χ0v) is 8.83. The first-order valence-corrected chi connectivity index (χ1v) is 4.70. The summed E-state index contributed by atoms with van der Waals surface area (Å²) >= 11 is 1.79. The molecule has 0 fully saturated rings. The SMILES string of the molecule is Fc1cccc(-c2nnc(I)o2)c1F. The molecule has 1 aromatic carbocycles. The number of nitrogens with zero attached hydrogens (tertiary/aromatic N) is 2. The fraction of sp³-hybridized carbons (Fsp3) is 0. The minimum absolute atomic E-state index is 0.0219. The number of aromatic nitrogens is 2. The molecule has 0 aliphatic heterocycles. The van der Waals surface area contributed by atoms with Crippen molar-refractivity contribution in [2.24, 2.45) is 0 Å². The maximum Gasteiger partial charge on any atom is 0.278 e. The Bertz CT molecular complexity index is 472. The van der Waals surface area contributed by atoms with E-state index in [0.717, 1.165) is 6.07 Å². The largest absolute Gasteiger partial charge is 0.412 e. The quantitative estimate of drug-likeness (QED) is 0.760. The molecule has 0 radical (unpaired) electrons. The Morgan fingerprint density at radius 3 is 2.64 bits per heavy atom. The van der Waals surface area contributed by atoms with E-state index >= 15 is 0 Å². The monoisotopic (exact) mass is 308 g/mol. The number of rotatable bonds is 1. The van der Waals surface area contributed by atoms with Gasteiger partial charge in [0.2, 0.25) is 0 Å². The summed E-state index contributed by atoms with van der Waals surface area (Å²) in [5.74, 6) is -1.94.